The molecule has 0 spiro atoms. The zero-order chi connectivity index (χ0) is 12.5. The van der Waals surface area contributed by atoms with Crippen LogP contribution in [0.4, 0.5) is 0 Å². The SMILES string of the molecule is CN=C(NC)NCCN(C)Cc1ccccc1. The minimum Gasteiger partial charge on any atom is -0.359 e. The van der Waals surface area contributed by atoms with Crippen LogP contribution in [0.5, 0.6) is 0 Å². The van der Waals surface area contributed by atoms with Crippen molar-refractivity contribution in [3.05, 3.63) is 35.9 Å². The third-order valence-electron chi connectivity index (χ3n) is 2.54. The first-order valence-corrected chi connectivity index (χ1v) is 5.87. The summed E-state index contributed by atoms with van der Waals surface area (Å²) in [6.07, 6.45) is 0. The Morgan fingerprint density at radius 1 is 1.29 bits per heavy atom. The number of rotatable bonds is 5. The van der Waals surface area contributed by atoms with Crippen molar-refractivity contribution in [2.75, 3.05) is 34.2 Å². The van der Waals surface area contributed by atoms with Crippen LogP contribution in [0.2, 0.25) is 0 Å². The molecular formula is C13H22N4. The summed E-state index contributed by atoms with van der Waals surface area (Å²) in [6.45, 7) is 2.84. The molecule has 4 heteroatoms. The topological polar surface area (TPSA) is 39.7 Å². The highest BCUT2D eigenvalue weighted by Gasteiger charge is 2.00. The van der Waals surface area contributed by atoms with E-state index >= 15 is 0 Å². The summed E-state index contributed by atoms with van der Waals surface area (Å²) >= 11 is 0. The summed E-state index contributed by atoms with van der Waals surface area (Å²) in [5.74, 6) is 0.832. The maximum Gasteiger partial charge on any atom is 0.190 e. The van der Waals surface area contributed by atoms with Crippen LogP contribution in [0.1, 0.15) is 5.56 Å². The molecular weight excluding hydrogens is 212 g/mol. The number of likely N-dealkylation sites (N-methyl/N-ethyl adjacent to an activating group) is 1. The van der Waals surface area contributed by atoms with Crippen molar-refractivity contribution in [2.45, 2.75) is 6.54 Å². The van der Waals surface area contributed by atoms with Crippen molar-refractivity contribution in [1.82, 2.24) is 15.5 Å². The van der Waals surface area contributed by atoms with Gasteiger partial charge < -0.3 is 15.5 Å². The molecule has 2 N–H and O–H groups in total. The molecule has 94 valence electrons. The van der Waals surface area contributed by atoms with Crippen LogP contribution >= 0.6 is 0 Å². The number of hydrogen-bond acceptors (Lipinski definition) is 2. The van der Waals surface area contributed by atoms with Crippen molar-refractivity contribution >= 4 is 5.96 Å². The summed E-state index contributed by atoms with van der Waals surface area (Å²) < 4.78 is 0. The van der Waals surface area contributed by atoms with Crippen LogP contribution < -0.4 is 10.6 Å². The lowest BCUT2D eigenvalue weighted by atomic mass is 10.2. The third kappa shape index (κ3) is 5.36. The standard InChI is InChI=1S/C13H22N4/c1-14-13(15-2)16-9-10-17(3)11-12-7-5-4-6-8-12/h4-8H,9-11H2,1-3H3,(H2,14,15,16). The predicted octanol–water partition coefficient (Wildman–Crippen LogP) is 0.913. The zero-order valence-corrected chi connectivity index (χ0v) is 10.9. The van der Waals surface area contributed by atoms with Gasteiger partial charge in [-0.15, -0.1) is 0 Å². The first-order valence-electron chi connectivity index (χ1n) is 5.87. The van der Waals surface area contributed by atoms with Crippen molar-refractivity contribution in [3.8, 4) is 0 Å². The third-order valence-corrected chi connectivity index (χ3v) is 2.54. The second-order valence-electron chi connectivity index (χ2n) is 3.97. The van der Waals surface area contributed by atoms with Crippen molar-refractivity contribution in [2.24, 2.45) is 4.99 Å². The Labute approximate surface area is 104 Å². The fraction of sp³-hybridized carbons (Fsp3) is 0.462. The fourth-order valence-corrected chi connectivity index (χ4v) is 1.62. The molecule has 4 nitrogen and oxygen atoms in total. The second-order valence-corrected chi connectivity index (χ2v) is 3.97. The predicted molar refractivity (Wildman–Crippen MR) is 73.2 cm³/mol. The van der Waals surface area contributed by atoms with Crippen LogP contribution in [-0.4, -0.2) is 45.1 Å². The smallest absolute Gasteiger partial charge is 0.190 e. The van der Waals surface area contributed by atoms with Crippen molar-refractivity contribution < 1.29 is 0 Å². The molecule has 0 aliphatic carbocycles. The van der Waals surface area contributed by atoms with E-state index in [-0.39, 0.29) is 0 Å². The molecule has 0 amide bonds. The Hall–Kier alpha value is -1.55. The number of hydrogen-bond donors (Lipinski definition) is 2. The first-order chi connectivity index (χ1) is 8.26. The molecule has 0 fully saturated rings. The monoisotopic (exact) mass is 234 g/mol. The van der Waals surface area contributed by atoms with E-state index in [0.717, 1.165) is 25.6 Å². The molecule has 0 saturated heterocycles. The molecule has 0 aliphatic rings. The van der Waals surface area contributed by atoms with Gasteiger partial charge in [-0.05, 0) is 12.6 Å². The van der Waals surface area contributed by atoms with E-state index in [0.29, 0.717) is 0 Å². The van der Waals surface area contributed by atoms with E-state index in [2.05, 4.69) is 51.8 Å². The van der Waals surface area contributed by atoms with Gasteiger partial charge in [0.25, 0.3) is 0 Å². The van der Waals surface area contributed by atoms with Gasteiger partial charge in [0, 0.05) is 33.7 Å². The summed E-state index contributed by atoms with van der Waals surface area (Å²) in [7, 11) is 5.76. The van der Waals surface area contributed by atoms with E-state index < -0.39 is 0 Å². The average molecular weight is 234 g/mol. The van der Waals surface area contributed by atoms with Gasteiger partial charge in [-0.2, -0.15) is 0 Å². The molecule has 0 aromatic heterocycles. The Kier molecular flexibility index (Phi) is 6.10. The van der Waals surface area contributed by atoms with Gasteiger partial charge in [0.2, 0.25) is 0 Å². The molecule has 0 heterocycles. The van der Waals surface area contributed by atoms with Gasteiger partial charge in [0.05, 0.1) is 0 Å². The van der Waals surface area contributed by atoms with Gasteiger partial charge >= 0.3 is 0 Å². The first kappa shape index (κ1) is 13.5. The average Bonchev–Trinajstić information content (AvgIpc) is 2.36. The summed E-state index contributed by atoms with van der Waals surface area (Å²) in [5, 5.41) is 6.23. The molecule has 1 rings (SSSR count). The van der Waals surface area contributed by atoms with Crippen LogP contribution in [0.3, 0.4) is 0 Å². The molecule has 0 unspecified atom stereocenters. The number of benzene rings is 1. The zero-order valence-electron chi connectivity index (χ0n) is 10.9. The Morgan fingerprint density at radius 2 is 2.00 bits per heavy atom. The van der Waals surface area contributed by atoms with E-state index in [1.165, 1.54) is 5.56 Å². The second kappa shape index (κ2) is 7.68. The van der Waals surface area contributed by atoms with Gasteiger partial charge in [-0.3, -0.25) is 4.99 Å². The molecule has 17 heavy (non-hydrogen) atoms. The van der Waals surface area contributed by atoms with Crippen LogP contribution in [0.25, 0.3) is 0 Å². The van der Waals surface area contributed by atoms with E-state index in [1.807, 2.05) is 13.1 Å². The van der Waals surface area contributed by atoms with Crippen molar-refractivity contribution in [3.63, 3.8) is 0 Å². The quantitative estimate of drug-likeness (QED) is 0.588. The summed E-state index contributed by atoms with van der Waals surface area (Å²) in [6, 6.07) is 10.5. The van der Waals surface area contributed by atoms with Gasteiger partial charge in [0.1, 0.15) is 0 Å². The highest BCUT2D eigenvalue weighted by atomic mass is 15.2. The van der Waals surface area contributed by atoms with Gasteiger partial charge in [-0.25, -0.2) is 0 Å². The normalized spacial score (nSPS) is 11.6. The Morgan fingerprint density at radius 3 is 2.59 bits per heavy atom. The lowest BCUT2D eigenvalue weighted by molar-refractivity contribution is 0.331. The number of guanidine groups is 1. The Balaban J connectivity index is 2.24. The minimum absolute atomic E-state index is 0.832. The lowest BCUT2D eigenvalue weighted by Gasteiger charge is -2.17. The van der Waals surface area contributed by atoms with Gasteiger partial charge in [-0.1, -0.05) is 30.3 Å². The number of nitrogens with one attached hydrogen (secondary N) is 2. The maximum atomic E-state index is 4.06. The van der Waals surface area contributed by atoms with Crippen LogP contribution in [0.15, 0.2) is 35.3 Å². The van der Waals surface area contributed by atoms with Crippen LogP contribution in [0, 0.1) is 0 Å². The molecule has 1 aromatic carbocycles. The molecule has 0 saturated carbocycles. The molecule has 1 aromatic rings. The molecule has 0 bridgehead atoms. The largest absolute Gasteiger partial charge is 0.359 e. The van der Waals surface area contributed by atoms with E-state index in [4.69, 9.17) is 0 Å². The fourth-order valence-electron chi connectivity index (χ4n) is 1.62. The summed E-state index contributed by atoms with van der Waals surface area (Å²) in [5.41, 5.74) is 1.34. The highest BCUT2D eigenvalue weighted by Crippen LogP contribution is 2.01. The van der Waals surface area contributed by atoms with Crippen LogP contribution in [-0.2, 0) is 6.54 Å². The van der Waals surface area contributed by atoms with Crippen molar-refractivity contribution in [1.29, 1.82) is 0 Å². The maximum absolute atomic E-state index is 4.06. The highest BCUT2D eigenvalue weighted by molar-refractivity contribution is 5.79. The number of nitrogens with zero attached hydrogens (tertiary/aromatic N) is 2. The van der Waals surface area contributed by atoms with E-state index in [1.54, 1.807) is 7.05 Å². The minimum atomic E-state index is 0.832. The molecule has 0 radical (unpaired) electrons. The summed E-state index contributed by atoms with van der Waals surface area (Å²) in [4.78, 5) is 6.35. The van der Waals surface area contributed by atoms with Gasteiger partial charge in [0.15, 0.2) is 5.96 Å². The molecule has 0 aliphatic heterocycles. The number of aliphatic imine (C=N–C) groups is 1. The lowest BCUT2D eigenvalue weighted by Crippen LogP contribution is -2.39. The van der Waals surface area contributed by atoms with E-state index in [9.17, 15) is 0 Å². The molecule has 0 atom stereocenters. The Bertz CT molecular complexity index is 335.